The average Bonchev–Trinajstić information content (AvgIpc) is 2.77. The molecule has 9 heteroatoms. The van der Waals surface area contributed by atoms with Crippen molar-refractivity contribution in [3.05, 3.63) is 35.1 Å². The van der Waals surface area contributed by atoms with Gasteiger partial charge < -0.3 is 9.47 Å². The molecule has 0 aliphatic heterocycles. The third-order valence-electron chi connectivity index (χ3n) is 3.25. The van der Waals surface area contributed by atoms with Gasteiger partial charge in [0.15, 0.2) is 5.78 Å². The highest BCUT2D eigenvalue weighted by molar-refractivity contribution is 6.24. The summed E-state index contributed by atoms with van der Waals surface area (Å²) >= 11 is 0. The van der Waals surface area contributed by atoms with Crippen LogP contribution in [0.4, 0.5) is 13.2 Å². The first kappa shape index (κ1) is 17.3. The number of carbonyl (C=O) groups is 1. The van der Waals surface area contributed by atoms with Crippen LogP contribution in [0.15, 0.2) is 24.0 Å². The third kappa shape index (κ3) is 3.81. The number of rotatable bonds is 4. The van der Waals surface area contributed by atoms with Gasteiger partial charge in [0.2, 0.25) is 0 Å². The van der Waals surface area contributed by atoms with Crippen LogP contribution in [-0.4, -0.2) is 18.9 Å². The molecule has 0 fully saturated rings. The summed E-state index contributed by atoms with van der Waals surface area (Å²) in [4.78, 5) is 12.1. The van der Waals surface area contributed by atoms with Crippen LogP contribution >= 0.6 is 0 Å². The van der Waals surface area contributed by atoms with Crippen molar-refractivity contribution in [3.63, 3.8) is 0 Å². The van der Waals surface area contributed by atoms with Crippen molar-refractivity contribution in [1.29, 1.82) is 0 Å². The summed E-state index contributed by atoms with van der Waals surface area (Å²) < 4.78 is 49.0. The van der Waals surface area contributed by atoms with Crippen molar-refractivity contribution in [2.24, 2.45) is 17.2 Å². The van der Waals surface area contributed by atoms with E-state index in [1.165, 1.54) is 7.11 Å². The fourth-order valence-electron chi connectivity index (χ4n) is 2.32. The molecule has 6 N–H and O–H groups in total. The normalized spacial score (nSPS) is 16.0. The number of Topliss-reactive ketones (excluding diaryl/α,β-unsaturated/α-hetero) is 1. The van der Waals surface area contributed by atoms with Crippen LogP contribution in [0.5, 0.6) is 5.75 Å². The molecule has 0 spiro atoms. The second-order valence-corrected chi connectivity index (χ2v) is 5.09. The lowest BCUT2D eigenvalue weighted by Crippen LogP contribution is -2.62. The Hall–Kier alpha value is -2.10. The van der Waals surface area contributed by atoms with Gasteiger partial charge in [0.1, 0.15) is 11.5 Å². The third-order valence-corrected chi connectivity index (χ3v) is 3.25. The second-order valence-electron chi connectivity index (χ2n) is 5.09. The predicted octanol–water partition coefficient (Wildman–Crippen LogP) is 1.29. The van der Waals surface area contributed by atoms with Crippen molar-refractivity contribution in [3.8, 4) is 5.75 Å². The van der Waals surface area contributed by atoms with Crippen molar-refractivity contribution < 1.29 is 27.4 Å². The van der Waals surface area contributed by atoms with Crippen LogP contribution in [0.3, 0.4) is 0 Å². The van der Waals surface area contributed by atoms with Gasteiger partial charge in [-0.05, 0) is 18.2 Å². The molecule has 0 unspecified atom stereocenters. The van der Waals surface area contributed by atoms with Crippen molar-refractivity contribution >= 4 is 11.4 Å². The van der Waals surface area contributed by atoms with Gasteiger partial charge in [-0.2, -0.15) is 13.2 Å². The molecule has 0 saturated heterocycles. The van der Waals surface area contributed by atoms with Gasteiger partial charge in [-0.15, -0.1) is 0 Å². The summed E-state index contributed by atoms with van der Waals surface area (Å²) in [5, 5.41) is 0. The molecule has 0 heterocycles. The van der Waals surface area contributed by atoms with E-state index in [-0.39, 0.29) is 34.8 Å². The Bertz CT molecular complexity index is 663. The Morgan fingerprint density at radius 1 is 1.13 bits per heavy atom. The number of halogens is 3. The highest BCUT2D eigenvalue weighted by Crippen LogP contribution is 2.40. The van der Waals surface area contributed by atoms with E-state index in [1.807, 2.05) is 0 Å². The smallest absolute Gasteiger partial charge is 0.416 e. The molecule has 0 atom stereocenters. The monoisotopic (exact) mass is 331 g/mol. The quantitative estimate of drug-likeness (QED) is 0.717. The SMILES string of the molecule is COC1=C(c2cc(C(F)(F)F)ccc2OC(N)(N)N)C(=O)CC1. The molecule has 0 aromatic heterocycles. The Kier molecular flexibility index (Phi) is 4.38. The van der Waals surface area contributed by atoms with Crippen LogP contribution in [-0.2, 0) is 15.7 Å². The fraction of sp³-hybridized carbons (Fsp3) is 0.357. The van der Waals surface area contributed by atoms with Crippen LogP contribution in [0, 0.1) is 0 Å². The maximum absolute atomic E-state index is 13.0. The van der Waals surface area contributed by atoms with Gasteiger partial charge in [-0.25, -0.2) is 0 Å². The van der Waals surface area contributed by atoms with E-state index in [0.717, 1.165) is 18.2 Å². The Morgan fingerprint density at radius 2 is 1.78 bits per heavy atom. The molecule has 1 aliphatic carbocycles. The van der Waals surface area contributed by atoms with Crippen LogP contribution < -0.4 is 21.9 Å². The van der Waals surface area contributed by atoms with Crippen LogP contribution in [0.1, 0.15) is 24.0 Å². The summed E-state index contributed by atoms with van der Waals surface area (Å²) in [7, 11) is 1.33. The number of hydrogen-bond acceptors (Lipinski definition) is 6. The highest BCUT2D eigenvalue weighted by atomic mass is 19.4. The lowest BCUT2D eigenvalue weighted by molar-refractivity contribution is -0.137. The zero-order valence-electron chi connectivity index (χ0n) is 12.2. The number of carbonyl (C=O) groups excluding carboxylic acids is 1. The number of methoxy groups -OCH3 is 1. The van der Waals surface area contributed by atoms with Gasteiger partial charge in [-0.3, -0.25) is 22.0 Å². The largest absolute Gasteiger partial charge is 0.500 e. The minimum atomic E-state index is -4.59. The van der Waals surface area contributed by atoms with E-state index in [9.17, 15) is 18.0 Å². The molecule has 6 nitrogen and oxygen atoms in total. The number of alkyl halides is 3. The van der Waals surface area contributed by atoms with Gasteiger partial charge in [0.25, 0.3) is 5.97 Å². The van der Waals surface area contributed by atoms with Crippen LogP contribution in [0.25, 0.3) is 5.57 Å². The van der Waals surface area contributed by atoms with Gasteiger partial charge >= 0.3 is 6.18 Å². The topological polar surface area (TPSA) is 114 Å². The van der Waals surface area contributed by atoms with E-state index in [4.69, 9.17) is 26.7 Å². The molecule has 0 amide bonds. The number of ketones is 1. The molecule has 0 bridgehead atoms. The number of nitrogens with two attached hydrogens (primary N) is 3. The molecule has 0 saturated carbocycles. The van der Waals surface area contributed by atoms with Gasteiger partial charge in [0.05, 0.1) is 18.2 Å². The maximum Gasteiger partial charge on any atom is 0.416 e. The average molecular weight is 331 g/mol. The molecular formula is C14H16F3N3O3. The van der Waals surface area contributed by atoms with E-state index < -0.39 is 17.7 Å². The lowest BCUT2D eigenvalue weighted by atomic mass is 10.00. The first-order valence-corrected chi connectivity index (χ1v) is 6.60. The lowest BCUT2D eigenvalue weighted by Gasteiger charge is -2.23. The van der Waals surface area contributed by atoms with Crippen molar-refractivity contribution in [2.75, 3.05) is 7.11 Å². The minimum absolute atomic E-state index is 0.0119. The molecular weight excluding hydrogens is 315 g/mol. The minimum Gasteiger partial charge on any atom is -0.500 e. The van der Waals surface area contributed by atoms with Crippen molar-refractivity contribution in [1.82, 2.24) is 0 Å². The zero-order valence-corrected chi connectivity index (χ0v) is 12.2. The summed E-state index contributed by atoms with van der Waals surface area (Å²) in [6.07, 6.45) is -4.17. The first-order chi connectivity index (χ1) is 10.5. The van der Waals surface area contributed by atoms with E-state index in [2.05, 4.69) is 0 Å². The number of allylic oxidation sites excluding steroid dienone is 2. The van der Waals surface area contributed by atoms with Crippen molar-refractivity contribution in [2.45, 2.75) is 25.0 Å². The second kappa shape index (κ2) is 5.84. The summed E-state index contributed by atoms with van der Waals surface area (Å²) in [5.74, 6) is -2.33. The van der Waals surface area contributed by atoms with E-state index >= 15 is 0 Å². The molecule has 0 radical (unpaired) electrons. The Balaban J connectivity index is 2.64. The molecule has 23 heavy (non-hydrogen) atoms. The summed E-state index contributed by atoms with van der Waals surface area (Å²) in [6.45, 7) is 0. The number of ether oxygens (including phenoxy) is 2. The molecule has 2 rings (SSSR count). The van der Waals surface area contributed by atoms with Crippen LogP contribution in [0.2, 0.25) is 0 Å². The molecule has 1 aliphatic rings. The number of hydrogen-bond donors (Lipinski definition) is 3. The van der Waals surface area contributed by atoms with E-state index in [1.54, 1.807) is 0 Å². The summed E-state index contributed by atoms with van der Waals surface area (Å²) in [5.41, 5.74) is 15.0. The molecule has 1 aromatic carbocycles. The zero-order chi connectivity index (χ0) is 17.4. The predicted molar refractivity (Wildman–Crippen MR) is 75.5 cm³/mol. The first-order valence-electron chi connectivity index (χ1n) is 6.60. The van der Waals surface area contributed by atoms with E-state index in [0.29, 0.717) is 6.42 Å². The maximum atomic E-state index is 13.0. The standard InChI is InChI=1S/C14H16F3N3O3/c1-22-11-5-3-9(21)12(11)8-6-7(13(15,16)17)2-4-10(8)23-14(18,19)20/h2,4,6H,3,5,18-20H2,1H3. The fourth-order valence-corrected chi connectivity index (χ4v) is 2.32. The Labute approximate surface area is 130 Å². The number of benzene rings is 1. The molecule has 126 valence electrons. The highest BCUT2D eigenvalue weighted by Gasteiger charge is 2.35. The summed E-state index contributed by atoms with van der Waals surface area (Å²) in [6, 6.07) is 2.60. The van der Waals surface area contributed by atoms with Gasteiger partial charge in [0, 0.05) is 18.4 Å². The van der Waals surface area contributed by atoms with Gasteiger partial charge in [-0.1, -0.05) is 0 Å². The molecule has 1 aromatic rings. The Morgan fingerprint density at radius 3 is 2.30 bits per heavy atom.